The van der Waals surface area contributed by atoms with Crippen molar-refractivity contribution in [1.29, 1.82) is 0 Å². The predicted molar refractivity (Wildman–Crippen MR) is 114 cm³/mol. The van der Waals surface area contributed by atoms with Crippen LogP contribution >= 0.6 is 0 Å². The highest BCUT2D eigenvalue weighted by Gasteiger charge is 2.39. The number of nitrogens with one attached hydrogen (secondary N) is 2. The first-order valence-electron chi connectivity index (χ1n) is 10.4. The normalized spacial score (nSPS) is 19.7. The third-order valence-electron chi connectivity index (χ3n) is 6.42. The molecule has 1 amide bonds. The maximum Gasteiger partial charge on any atom is 0.260 e. The number of aromatic nitrogens is 1. The van der Waals surface area contributed by atoms with Crippen molar-refractivity contribution in [3.8, 4) is 0 Å². The van der Waals surface area contributed by atoms with Crippen LogP contribution in [-0.2, 0) is 5.41 Å². The summed E-state index contributed by atoms with van der Waals surface area (Å²) >= 11 is 0. The minimum absolute atomic E-state index is 0.0479. The first kappa shape index (κ1) is 19.8. The van der Waals surface area contributed by atoms with Gasteiger partial charge in [-0.15, -0.1) is 0 Å². The Morgan fingerprint density at radius 2 is 2.07 bits per heavy atom. The van der Waals surface area contributed by atoms with Crippen LogP contribution in [-0.4, -0.2) is 36.6 Å². The Balaban J connectivity index is 1.60. The molecule has 2 aliphatic rings. The summed E-state index contributed by atoms with van der Waals surface area (Å²) in [6.07, 6.45) is 3.71. The first-order chi connectivity index (χ1) is 13.9. The quantitative estimate of drug-likeness (QED) is 0.768. The zero-order valence-corrected chi connectivity index (χ0v) is 17.3. The number of carbonyl (C=O) groups is 1. The maximum atomic E-state index is 13.9. The minimum atomic E-state index is -0.756. The number of amides is 1. The monoisotopic (exact) mass is 396 g/mol. The van der Waals surface area contributed by atoms with Gasteiger partial charge in [0.25, 0.3) is 5.91 Å². The molecule has 0 aliphatic carbocycles. The topological polar surface area (TPSA) is 57.3 Å². The fraction of sp³-hybridized carbons (Fsp3) is 0.478. The van der Waals surface area contributed by atoms with Crippen LogP contribution in [0.3, 0.4) is 0 Å². The molecule has 2 aromatic rings. The van der Waals surface area contributed by atoms with Crippen LogP contribution < -0.4 is 15.5 Å². The lowest BCUT2D eigenvalue weighted by molar-refractivity contribution is 0.102. The number of carbonyl (C=O) groups excluding carboxylic acids is 1. The van der Waals surface area contributed by atoms with Gasteiger partial charge in [0.05, 0.1) is 5.56 Å². The van der Waals surface area contributed by atoms with Crippen molar-refractivity contribution >= 4 is 17.3 Å². The SMILES string of the molecule is CC(C1CCNCC1)N1CC(C)(C)c2ccc(NC(=O)c3cccnc3F)cc21. The Hall–Kier alpha value is -2.47. The standard InChI is InChI=1S/C23H29FN4O/c1-15(16-8-11-25-12-9-16)28-14-23(2,3)19-7-6-17(13-20(19)28)27-22(29)18-5-4-10-26-21(18)24/h4-7,10,13,15-16,25H,8-9,11-12,14H2,1-3H3,(H,27,29). The minimum Gasteiger partial charge on any atom is -0.367 e. The van der Waals surface area contributed by atoms with Crippen molar-refractivity contribution in [2.75, 3.05) is 29.9 Å². The smallest absolute Gasteiger partial charge is 0.260 e. The number of piperidine rings is 1. The van der Waals surface area contributed by atoms with Gasteiger partial charge in [0.15, 0.2) is 0 Å². The molecule has 4 rings (SSSR count). The summed E-state index contributed by atoms with van der Waals surface area (Å²) in [5.41, 5.74) is 3.15. The molecule has 2 N–H and O–H groups in total. The van der Waals surface area contributed by atoms with Gasteiger partial charge < -0.3 is 15.5 Å². The van der Waals surface area contributed by atoms with Gasteiger partial charge in [-0.05, 0) is 68.6 Å². The summed E-state index contributed by atoms with van der Waals surface area (Å²) in [6, 6.07) is 9.48. The van der Waals surface area contributed by atoms with Gasteiger partial charge in [0.2, 0.25) is 5.95 Å². The van der Waals surface area contributed by atoms with Crippen LogP contribution in [0.25, 0.3) is 0 Å². The van der Waals surface area contributed by atoms with Crippen LogP contribution in [0.1, 0.15) is 49.5 Å². The molecule has 2 aliphatic heterocycles. The highest BCUT2D eigenvalue weighted by atomic mass is 19.1. The third kappa shape index (κ3) is 3.86. The lowest BCUT2D eigenvalue weighted by Gasteiger charge is -2.37. The van der Waals surface area contributed by atoms with Gasteiger partial charge in [0.1, 0.15) is 0 Å². The molecule has 1 unspecified atom stereocenters. The predicted octanol–water partition coefficient (Wildman–Crippen LogP) is 3.96. The van der Waals surface area contributed by atoms with E-state index < -0.39 is 11.9 Å². The van der Waals surface area contributed by atoms with Crippen LogP contribution in [0.5, 0.6) is 0 Å². The van der Waals surface area contributed by atoms with Crippen molar-refractivity contribution in [2.45, 2.75) is 45.1 Å². The van der Waals surface area contributed by atoms with Crippen molar-refractivity contribution in [2.24, 2.45) is 5.92 Å². The number of fused-ring (bicyclic) bond motifs is 1. The molecule has 3 heterocycles. The van der Waals surface area contributed by atoms with E-state index in [0.29, 0.717) is 17.6 Å². The van der Waals surface area contributed by atoms with Gasteiger partial charge in [-0.1, -0.05) is 19.9 Å². The van der Waals surface area contributed by atoms with E-state index in [9.17, 15) is 9.18 Å². The summed E-state index contributed by atoms with van der Waals surface area (Å²) < 4.78 is 13.9. The molecule has 0 saturated carbocycles. The number of hydrogen-bond donors (Lipinski definition) is 2. The number of pyridine rings is 1. The lowest BCUT2D eigenvalue weighted by atomic mass is 9.87. The van der Waals surface area contributed by atoms with Gasteiger partial charge >= 0.3 is 0 Å². The second kappa shape index (κ2) is 7.75. The molecule has 1 saturated heterocycles. The molecular weight excluding hydrogens is 367 g/mol. The van der Waals surface area contributed by atoms with E-state index in [1.165, 1.54) is 36.4 Å². The zero-order valence-electron chi connectivity index (χ0n) is 17.3. The van der Waals surface area contributed by atoms with E-state index in [-0.39, 0.29) is 11.0 Å². The van der Waals surface area contributed by atoms with E-state index >= 15 is 0 Å². The zero-order chi connectivity index (χ0) is 20.6. The molecule has 29 heavy (non-hydrogen) atoms. The maximum absolute atomic E-state index is 13.9. The Morgan fingerprint density at radius 1 is 1.31 bits per heavy atom. The highest BCUT2D eigenvalue weighted by Crippen LogP contribution is 2.44. The van der Waals surface area contributed by atoms with E-state index in [2.05, 4.69) is 47.4 Å². The average Bonchev–Trinajstić information content (AvgIpc) is 2.98. The van der Waals surface area contributed by atoms with Crippen LogP contribution in [0.2, 0.25) is 0 Å². The third-order valence-corrected chi connectivity index (χ3v) is 6.42. The van der Waals surface area contributed by atoms with E-state index in [1.54, 1.807) is 6.07 Å². The summed E-state index contributed by atoms with van der Waals surface area (Å²) in [5, 5.41) is 6.28. The Labute approximate surface area is 171 Å². The summed E-state index contributed by atoms with van der Waals surface area (Å²) in [7, 11) is 0. The fourth-order valence-corrected chi connectivity index (χ4v) is 4.71. The van der Waals surface area contributed by atoms with Crippen molar-refractivity contribution in [1.82, 2.24) is 10.3 Å². The molecule has 0 bridgehead atoms. The number of halogens is 1. The molecular formula is C23H29FN4O. The summed E-state index contributed by atoms with van der Waals surface area (Å²) in [4.78, 5) is 18.6. The van der Waals surface area contributed by atoms with Crippen molar-refractivity contribution < 1.29 is 9.18 Å². The summed E-state index contributed by atoms with van der Waals surface area (Å²) in [6.45, 7) is 9.96. The fourth-order valence-electron chi connectivity index (χ4n) is 4.71. The van der Waals surface area contributed by atoms with Crippen LogP contribution in [0, 0.1) is 11.9 Å². The molecule has 0 radical (unpaired) electrons. The second-order valence-corrected chi connectivity index (χ2v) is 8.87. The molecule has 1 fully saturated rings. The Bertz CT molecular complexity index is 908. The number of benzene rings is 1. The second-order valence-electron chi connectivity index (χ2n) is 8.87. The van der Waals surface area contributed by atoms with Gasteiger partial charge in [-0.2, -0.15) is 4.39 Å². The first-order valence-corrected chi connectivity index (χ1v) is 10.4. The van der Waals surface area contributed by atoms with Crippen molar-refractivity contribution in [3.63, 3.8) is 0 Å². The van der Waals surface area contributed by atoms with Gasteiger partial charge in [-0.25, -0.2) is 4.98 Å². The molecule has 5 nitrogen and oxygen atoms in total. The number of hydrogen-bond acceptors (Lipinski definition) is 4. The Kier molecular flexibility index (Phi) is 5.30. The molecule has 154 valence electrons. The van der Waals surface area contributed by atoms with Gasteiger partial charge in [-0.3, -0.25) is 4.79 Å². The van der Waals surface area contributed by atoms with E-state index in [1.807, 2.05) is 12.1 Å². The average molecular weight is 397 g/mol. The highest BCUT2D eigenvalue weighted by molar-refractivity contribution is 6.04. The molecule has 6 heteroatoms. The molecule has 1 aromatic heterocycles. The number of rotatable bonds is 4. The van der Waals surface area contributed by atoms with E-state index in [4.69, 9.17) is 0 Å². The van der Waals surface area contributed by atoms with E-state index in [0.717, 1.165) is 19.6 Å². The molecule has 1 aromatic carbocycles. The van der Waals surface area contributed by atoms with Gasteiger partial charge in [0, 0.05) is 35.6 Å². The Morgan fingerprint density at radius 3 is 2.79 bits per heavy atom. The summed E-state index contributed by atoms with van der Waals surface area (Å²) in [5.74, 6) is -0.583. The number of nitrogens with zero attached hydrogens (tertiary/aromatic N) is 2. The lowest BCUT2D eigenvalue weighted by Crippen LogP contribution is -2.44. The molecule has 1 atom stereocenters. The largest absolute Gasteiger partial charge is 0.367 e. The van der Waals surface area contributed by atoms with Crippen molar-refractivity contribution in [3.05, 3.63) is 53.6 Å². The van der Waals surface area contributed by atoms with Crippen LogP contribution in [0.15, 0.2) is 36.5 Å². The molecule has 0 spiro atoms. The number of anilines is 2. The van der Waals surface area contributed by atoms with Crippen LogP contribution in [0.4, 0.5) is 15.8 Å².